The van der Waals surface area contributed by atoms with Crippen LogP contribution in [0.3, 0.4) is 0 Å². The molecule has 7 nitrogen and oxygen atoms in total. The van der Waals surface area contributed by atoms with Gasteiger partial charge in [-0.2, -0.15) is 0 Å². The highest BCUT2D eigenvalue weighted by Crippen LogP contribution is 2.44. The van der Waals surface area contributed by atoms with Crippen molar-refractivity contribution in [3.05, 3.63) is 59.7 Å². The van der Waals surface area contributed by atoms with E-state index < -0.39 is 23.5 Å². The number of rotatable bonds is 10. The molecule has 0 aromatic heterocycles. The lowest BCUT2D eigenvalue weighted by Gasteiger charge is -2.25. The standard InChI is InChI=1S/C27H34N2O5/c1-17(2)13-23(25(31)32)29-24(30)14-27(3,4)16-28-26(33)34-15-22-20-11-7-5-9-18(20)19-10-6-8-12-21(19)22/h5-12,17,22-23H,13-16H2,1-4H3,(H,28,33)(H,29,30)(H,31,32). The van der Waals surface area contributed by atoms with Gasteiger partial charge in [0.25, 0.3) is 0 Å². The van der Waals surface area contributed by atoms with E-state index in [0.29, 0.717) is 6.42 Å². The molecule has 0 saturated carbocycles. The molecule has 182 valence electrons. The van der Waals surface area contributed by atoms with Crippen LogP contribution in [0.25, 0.3) is 11.1 Å². The third-order valence-electron chi connectivity index (χ3n) is 6.03. The third-order valence-corrected chi connectivity index (χ3v) is 6.03. The van der Waals surface area contributed by atoms with E-state index in [1.807, 2.05) is 52.0 Å². The first-order chi connectivity index (χ1) is 16.1. The van der Waals surface area contributed by atoms with Crippen LogP contribution in [0.1, 0.15) is 57.6 Å². The lowest BCUT2D eigenvalue weighted by Crippen LogP contribution is -2.44. The Balaban J connectivity index is 1.51. The highest BCUT2D eigenvalue weighted by atomic mass is 16.5. The molecule has 1 aliphatic carbocycles. The van der Waals surface area contributed by atoms with Crippen molar-refractivity contribution in [1.82, 2.24) is 10.6 Å². The quantitative estimate of drug-likeness (QED) is 0.476. The Kier molecular flexibility index (Phi) is 7.97. The first-order valence-electron chi connectivity index (χ1n) is 11.7. The number of aliphatic carboxylic acids is 1. The number of fused-ring (bicyclic) bond motifs is 3. The summed E-state index contributed by atoms with van der Waals surface area (Å²) in [7, 11) is 0. The summed E-state index contributed by atoms with van der Waals surface area (Å²) in [6.07, 6.45) is -0.101. The summed E-state index contributed by atoms with van der Waals surface area (Å²) < 4.78 is 5.55. The van der Waals surface area contributed by atoms with E-state index in [1.165, 1.54) is 0 Å². The lowest BCUT2D eigenvalue weighted by atomic mass is 9.88. The van der Waals surface area contributed by atoms with Crippen LogP contribution in [-0.4, -0.2) is 42.3 Å². The fraction of sp³-hybridized carbons (Fsp3) is 0.444. The smallest absolute Gasteiger partial charge is 0.407 e. The van der Waals surface area contributed by atoms with Gasteiger partial charge in [-0.05, 0) is 40.0 Å². The molecule has 0 spiro atoms. The molecule has 2 aromatic carbocycles. The number of carboxylic acid groups (broad SMARTS) is 1. The minimum Gasteiger partial charge on any atom is -0.480 e. The van der Waals surface area contributed by atoms with Crippen LogP contribution in [-0.2, 0) is 14.3 Å². The number of nitrogens with one attached hydrogen (secondary N) is 2. The van der Waals surface area contributed by atoms with Gasteiger partial charge in [0.15, 0.2) is 0 Å². The van der Waals surface area contributed by atoms with Gasteiger partial charge >= 0.3 is 12.1 Å². The van der Waals surface area contributed by atoms with E-state index in [0.717, 1.165) is 22.3 Å². The molecule has 3 N–H and O–H groups in total. The lowest BCUT2D eigenvalue weighted by molar-refractivity contribution is -0.142. The number of amides is 2. The molecule has 3 rings (SSSR count). The van der Waals surface area contributed by atoms with Crippen LogP contribution in [0.4, 0.5) is 4.79 Å². The van der Waals surface area contributed by atoms with Gasteiger partial charge in [0, 0.05) is 18.9 Å². The number of alkyl carbamates (subject to hydrolysis) is 1. The molecule has 7 heteroatoms. The number of hydrogen-bond acceptors (Lipinski definition) is 4. The van der Waals surface area contributed by atoms with E-state index in [9.17, 15) is 19.5 Å². The summed E-state index contributed by atoms with van der Waals surface area (Å²) in [4.78, 5) is 36.2. The van der Waals surface area contributed by atoms with Crippen molar-refractivity contribution in [3.8, 4) is 11.1 Å². The van der Waals surface area contributed by atoms with Crippen LogP contribution >= 0.6 is 0 Å². The Bertz CT molecular complexity index is 1000. The highest BCUT2D eigenvalue weighted by molar-refractivity contribution is 5.84. The molecule has 0 radical (unpaired) electrons. The molecule has 0 saturated heterocycles. The van der Waals surface area contributed by atoms with Crippen LogP contribution in [0.5, 0.6) is 0 Å². The van der Waals surface area contributed by atoms with Gasteiger partial charge in [-0.1, -0.05) is 76.2 Å². The minimum atomic E-state index is -1.04. The Labute approximate surface area is 200 Å². The summed E-state index contributed by atoms with van der Waals surface area (Å²) in [5, 5.41) is 14.7. The molecule has 1 atom stereocenters. The SMILES string of the molecule is CC(C)CC(NC(=O)CC(C)(C)CNC(=O)OCC1c2ccccc2-c2ccccc21)C(=O)O. The second-order valence-corrected chi connectivity index (χ2v) is 10.1. The van der Waals surface area contributed by atoms with Gasteiger partial charge < -0.3 is 20.5 Å². The molecular weight excluding hydrogens is 432 g/mol. The average Bonchev–Trinajstić information content (AvgIpc) is 3.09. The van der Waals surface area contributed by atoms with Crippen molar-refractivity contribution in [2.75, 3.05) is 13.2 Å². The molecule has 0 aliphatic heterocycles. The Morgan fingerprint density at radius 1 is 1.00 bits per heavy atom. The van der Waals surface area contributed by atoms with Crippen molar-refractivity contribution in [3.63, 3.8) is 0 Å². The first kappa shape index (κ1) is 25.3. The van der Waals surface area contributed by atoms with Crippen LogP contribution in [0, 0.1) is 11.3 Å². The molecule has 2 amide bonds. The fourth-order valence-electron chi connectivity index (χ4n) is 4.40. The number of carboxylic acids is 1. The summed E-state index contributed by atoms with van der Waals surface area (Å²) in [6.45, 7) is 7.94. The first-order valence-corrected chi connectivity index (χ1v) is 11.7. The van der Waals surface area contributed by atoms with Gasteiger partial charge in [0.2, 0.25) is 5.91 Å². The molecule has 1 aliphatic rings. The van der Waals surface area contributed by atoms with Crippen LogP contribution < -0.4 is 10.6 Å². The number of carbonyl (C=O) groups is 3. The summed E-state index contributed by atoms with van der Waals surface area (Å²) in [5.74, 6) is -1.28. The van der Waals surface area contributed by atoms with Crippen molar-refractivity contribution in [2.45, 2.75) is 52.5 Å². The van der Waals surface area contributed by atoms with E-state index in [4.69, 9.17) is 4.74 Å². The zero-order valence-electron chi connectivity index (χ0n) is 20.3. The molecule has 0 fully saturated rings. The Morgan fingerprint density at radius 2 is 1.56 bits per heavy atom. The molecule has 0 bridgehead atoms. The van der Waals surface area contributed by atoms with E-state index in [1.54, 1.807) is 0 Å². The monoisotopic (exact) mass is 466 g/mol. The Morgan fingerprint density at radius 3 is 2.09 bits per heavy atom. The van der Waals surface area contributed by atoms with E-state index in [-0.39, 0.29) is 37.3 Å². The van der Waals surface area contributed by atoms with Crippen molar-refractivity contribution in [2.24, 2.45) is 11.3 Å². The second kappa shape index (κ2) is 10.7. The molecule has 1 unspecified atom stereocenters. The molecule has 0 heterocycles. The van der Waals surface area contributed by atoms with Gasteiger partial charge in [0.05, 0.1) is 0 Å². The number of carbonyl (C=O) groups excluding carboxylic acids is 2. The van der Waals surface area contributed by atoms with E-state index >= 15 is 0 Å². The summed E-state index contributed by atoms with van der Waals surface area (Å²) >= 11 is 0. The number of ether oxygens (including phenoxy) is 1. The number of hydrogen-bond donors (Lipinski definition) is 3. The summed E-state index contributed by atoms with van der Waals surface area (Å²) in [6, 6.07) is 15.4. The normalized spacial score (nSPS) is 13.7. The maximum Gasteiger partial charge on any atom is 0.407 e. The van der Waals surface area contributed by atoms with E-state index in [2.05, 4.69) is 34.9 Å². The van der Waals surface area contributed by atoms with Crippen molar-refractivity contribution < 1.29 is 24.2 Å². The topological polar surface area (TPSA) is 105 Å². The molecule has 2 aromatic rings. The van der Waals surface area contributed by atoms with Crippen molar-refractivity contribution in [1.29, 1.82) is 0 Å². The predicted molar refractivity (Wildman–Crippen MR) is 130 cm³/mol. The van der Waals surface area contributed by atoms with Gasteiger partial charge in [-0.3, -0.25) is 4.79 Å². The fourth-order valence-corrected chi connectivity index (χ4v) is 4.40. The minimum absolute atomic E-state index is 0.0224. The maximum atomic E-state index is 12.4. The largest absolute Gasteiger partial charge is 0.480 e. The zero-order valence-corrected chi connectivity index (χ0v) is 20.3. The summed E-state index contributed by atoms with van der Waals surface area (Å²) in [5.41, 5.74) is 4.04. The van der Waals surface area contributed by atoms with Crippen LogP contribution in [0.15, 0.2) is 48.5 Å². The average molecular weight is 467 g/mol. The molecule has 34 heavy (non-hydrogen) atoms. The maximum absolute atomic E-state index is 12.4. The third kappa shape index (κ3) is 6.37. The second-order valence-electron chi connectivity index (χ2n) is 10.1. The Hall–Kier alpha value is -3.35. The highest BCUT2D eigenvalue weighted by Gasteiger charge is 2.30. The molecular formula is C27H34N2O5. The predicted octanol–water partition coefficient (Wildman–Crippen LogP) is 4.56. The van der Waals surface area contributed by atoms with Gasteiger partial charge in [-0.25, -0.2) is 9.59 Å². The zero-order chi connectivity index (χ0) is 24.9. The van der Waals surface area contributed by atoms with Gasteiger partial charge in [-0.15, -0.1) is 0 Å². The van der Waals surface area contributed by atoms with Crippen LogP contribution in [0.2, 0.25) is 0 Å². The van der Waals surface area contributed by atoms with Gasteiger partial charge in [0.1, 0.15) is 12.6 Å². The van der Waals surface area contributed by atoms with Crippen molar-refractivity contribution >= 4 is 18.0 Å². The number of benzene rings is 2.